The topological polar surface area (TPSA) is 77.8 Å². The summed E-state index contributed by atoms with van der Waals surface area (Å²) in [6, 6.07) is 1.91. The number of pyridine rings is 1. The molecule has 2 aromatic heterocycles. The van der Waals surface area contributed by atoms with E-state index >= 15 is 0 Å². The molecule has 0 aliphatic carbocycles. The van der Waals surface area contributed by atoms with E-state index in [1.54, 1.807) is 12.4 Å². The van der Waals surface area contributed by atoms with Crippen LogP contribution in [0.1, 0.15) is 11.5 Å². The Morgan fingerprint density at radius 2 is 2.33 bits per heavy atom. The number of nitrogens with zero attached hydrogens (tertiary/aromatic N) is 3. The Bertz CT molecular complexity index is 452. The smallest absolute Gasteiger partial charge is 0.228 e. The van der Waals surface area contributed by atoms with Crippen LogP contribution in [0.4, 0.5) is 0 Å². The van der Waals surface area contributed by atoms with E-state index in [1.807, 2.05) is 13.0 Å². The van der Waals surface area contributed by atoms with E-state index in [9.17, 15) is 0 Å². The van der Waals surface area contributed by atoms with Crippen LogP contribution in [-0.2, 0) is 6.42 Å². The SMILES string of the molecule is Cc1ccncc1-c1noc(CCN)n1. The van der Waals surface area contributed by atoms with Crippen molar-refractivity contribution in [1.82, 2.24) is 15.1 Å². The zero-order chi connectivity index (χ0) is 10.7. The molecule has 2 aromatic rings. The first-order chi connectivity index (χ1) is 7.31. The Labute approximate surface area is 87.3 Å². The highest BCUT2D eigenvalue weighted by Gasteiger charge is 2.09. The minimum atomic E-state index is 0.508. The van der Waals surface area contributed by atoms with Gasteiger partial charge in [0.1, 0.15) is 0 Å². The molecular weight excluding hydrogens is 192 g/mol. The molecule has 0 aliphatic heterocycles. The minimum Gasteiger partial charge on any atom is -0.339 e. The van der Waals surface area contributed by atoms with E-state index in [1.165, 1.54) is 0 Å². The van der Waals surface area contributed by atoms with E-state index in [0.29, 0.717) is 24.7 Å². The lowest BCUT2D eigenvalue weighted by atomic mass is 10.1. The summed E-state index contributed by atoms with van der Waals surface area (Å²) in [5.41, 5.74) is 7.37. The quantitative estimate of drug-likeness (QED) is 0.805. The van der Waals surface area contributed by atoms with Crippen LogP contribution in [0.25, 0.3) is 11.4 Å². The van der Waals surface area contributed by atoms with E-state index in [0.717, 1.165) is 11.1 Å². The van der Waals surface area contributed by atoms with Crippen LogP contribution in [0.3, 0.4) is 0 Å². The van der Waals surface area contributed by atoms with Crippen LogP contribution < -0.4 is 5.73 Å². The Kier molecular flexibility index (Phi) is 2.73. The second kappa shape index (κ2) is 4.18. The molecule has 0 unspecified atom stereocenters. The maximum absolute atomic E-state index is 5.40. The molecule has 0 saturated heterocycles. The van der Waals surface area contributed by atoms with Crippen molar-refractivity contribution in [3.05, 3.63) is 29.9 Å². The predicted molar refractivity (Wildman–Crippen MR) is 55.0 cm³/mol. The lowest BCUT2D eigenvalue weighted by molar-refractivity contribution is 0.380. The molecule has 2 rings (SSSR count). The van der Waals surface area contributed by atoms with Crippen molar-refractivity contribution >= 4 is 0 Å². The van der Waals surface area contributed by atoms with Crippen LogP contribution in [0.15, 0.2) is 23.0 Å². The van der Waals surface area contributed by atoms with Crippen LogP contribution in [0.2, 0.25) is 0 Å². The predicted octanol–water partition coefficient (Wildman–Crippen LogP) is 0.941. The molecule has 0 atom stereocenters. The monoisotopic (exact) mass is 204 g/mol. The lowest BCUT2D eigenvalue weighted by Gasteiger charge is -1.97. The van der Waals surface area contributed by atoms with Crippen molar-refractivity contribution < 1.29 is 4.52 Å². The second-order valence-electron chi connectivity index (χ2n) is 3.24. The summed E-state index contributed by atoms with van der Waals surface area (Å²) >= 11 is 0. The summed E-state index contributed by atoms with van der Waals surface area (Å²) in [7, 11) is 0. The second-order valence-corrected chi connectivity index (χ2v) is 3.24. The molecule has 0 amide bonds. The van der Waals surface area contributed by atoms with Crippen molar-refractivity contribution in [2.24, 2.45) is 5.73 Å². The first-order valence-electron chi connectivity index (χ1n) is 4.75. The van der Waals surface area contributed by atoms with Gasteiger partial charge in [0.2, 0.25) is 11.7 Å². The van der Waals surface area contributed by atoms with Gasteiger partial charge in [0, 0.05) is 30.9 Å². The Balaban J connectivity index is 2.33. The highest BCUT2D eigenvalue weighted by atomic mass is 16.5. The number of nitrogens with two attached hydrogens (primary N) is 1. The van der Waals surface area contributed by atoms with Crippen LogP contribution >= 0.6 is 0 Å². The molecule has 0 bridgehead atoms. The fraction of sp³-hybridized carbons (Fsp3) is 0.300. The zero-order valence-electron chi connectivity index (χ0n) is 8.47. The highest BCUT2D eigenvalue weighted by Crippen LogP contribution is 2.18. The molecule has 0 spiro atoms. The number of hydrogen-bond acceptors (Lipinski definition) is 5. The summed E-state index contributed by atoms with van der Waals surface area (Å²) < 4.78 is 5.05. The molecule has 0 fully saturated rings. The zero-order valence-corrected chi connectivity index (χ0v) is 8.47. The van der Waals surface area contributed by atoms with E-state index in [-0.39, 0.29) is 0 Å². The largest absolute Gasteiger partial charge is 0.339 e. The average molecular weight is 204 g/mol. The normalized spacial score (nSPS) is 10.5. The molecule has 2 N–H and O–H groups in total. The maximum Gasteiger partial charge on any atom is 0.228 e. The molecular formula is C10H12N4O. The lowest BCUT2D eigenvalue weighted by Crippen LogP contribution is -2.02. The van der Waals surface area contributed by atoms with Crippen LogP contribution in [0.5, 0.6) is 0 Å². The Hall–Kier alpha value is -1.75. The van der Waals surface area contributed by atoms with Gasteiger partial charge in [-0.15, -0.1) is 0 Å². The molecule has 15 heavy (non-hydrogen) atoms. The van der Waals surface area contributed by atoms with Gasteiger partial charge in [-0.2, -0.15) is 4.98 Å². The van der Waals surface area contributed by atoms with Crippen molar-refractivity contribution in [2.45, 2.75) is 13.3 Å². The van der Waals surface area contributed by atoms with Crippen molar-refractivity contribution in [3.8, 4) is 11.4 Å². The Morgan fingerprint density at radius 1 is 1.47 bits per heavy atom. The van der Waals surface area contributed by atoms with Gasteiger partial charge >= 0.3 is 0 Å². The van der Waals surface area contributed by atoms with Gasteiger partial charge in [-0.3, -0.25) is 4.98 Å². The summed E-state index contributed by atoms with van der Waals surface area (Å²) in [6.07, 6.45) is 4.07. The van der Waals surface area contributed by atoms with Crippen molar-refractivity contribution in [3.63, 3.8) is 0 Å². The Morgan fingerprint density at radius 3 is 3.07 bits per heavy atom. The summed E-state index contributed by atoms with van der Waals surface area (Å²) in [6.45, 7) is 2.49. The van der Waals surface area contributed by atoms with E-state index in [4.69, 9.17) is 10.3 Å². The van der Waals surface area contributed by atoms with Gasteiger partial charge in [-0.05, 0) is 18.6 Å². The molecule has 5 nitrogen and oxygen atoms in total. The fourth-order valence-corrected chi connectivity index (χ4v) is 1.29. The molecule has 2 heterocycles. The number of aryl methyl sites for hydroxylation is 1. The van der Waals surface area contributed by atoms with Gasteiger partial charge in [0.05, 0.1) is 0 Å². The highest BCUT2D eigenvalue weighted by molar-refractivity contribution is 5.57. The average Bonchev–Trinajstić information content (AvgIpc) is 2.68. The molecule has 78 valence electrons. The molecule has 0 aromatic carbocycles. The summed E-state index contributed by atoms with van der Waals surface area (Å²) in [4.78, 5) is 8.26. The standard InChI is InChI=1S/C10H12N4O/c1-7-3-5-12-6-8(7)10-13-9(2-4-11)15-14-10/h3,5-6H,2,4,11H2,1H3. The first-order valence-corrected chi connectivity index (χ1v) is 4.75. The third kappa shape index (κ3) is 2.02. The van der Waals surface area contributed by atoms with Gasteiger partial charge in [-0.25, -0.2) is 0 Å². The third-order valence-electron chi connectivity index (χ3n) is 2.11. The van der Waals surface area contributed by atoms with Gasteiger partial charge < -0.3 is 10.3 Å². The van der Waals surface area contributed by atoms with Gasteiger partial charge in [0.25, 0.3) is 0 Å². The van der Waals surface area contributed by atoms with E-state index < -0.39 is 0 Å². The number of rotatable bonds is 3. The number of hydrogen-bond donors (Lipinski definition) is 1. The van der Waals surface area contributed by atoms with Crippen molar-refractivity contribution in [2.75, 3.05) is 6.54 Å². The number of aromatic nitrogens is 3. The van der Waals surface area contributed by atoms with Crippen LogP contribution in [0, 0.1) is 6.92 Å². The maximum atomic E-state index is 5.40. The molecule has 0 aliphatic rings. The fourth-order valence-electron chi connectivity index (χ4n) is 1.29. The summed E-state index contributed by atoms with van der Waals surface area (Å²) in [5.74, 6) is 1.14. The van der Waals surface area contributed by atoms with Gasteiger partial charge in [-0.1, -0.05) is 5.16 Å². The summed E-state index contributed by atoms with van der Waals surface area (Å²) in [5, 5.41) is 3.88. The first kappa shape index (κ1) is 9.79. The van der Waals surface area contributed by atoms with Crippen molar-refractivity contribution in [1.29, 1.82) is 0 Å². The molecule has 0 saturated carbocycles. The third-order valence-corrected chi connectivity index (χ3v) is 2.11. The van der Waals surface area contributed by atoms with Gasteiger partial charge in [0.15, 0.2) is 0 Å². The molecule has 0 radical (unpaired) electrons. The minimum absolute atomic E-state index is 0.508. The van der Waals surface area contributed by atoms with E-state index in [2.05, 4.69) is 15.1 Å². The molecule has 5 heteroatoms. The van der Waals surface area contributed by atoms with Crippen LogP contribution in [-0.4, -0.2) is 21.7 Å².